The summed E-state index contributed by atoms with van der Waals surface area (Å²) in [6.45, 7) is 6.55. The predicted molar refractivity (Wildman–Crippen MR) is 80.9 cm³/mol. The maximum absolute atomic E-state index is 13.6. The number of hydrogen-bond donors (Lipinski definition) is 2. The molecule has 0 saturated heterocycles. The number of nitrogens with zero attached hydrogens (tertiary/aromatic N) is 2. The van der Waals surface area contributed by atoms with Crippen LogP contribution in [-0.2, 0) is 4.79 Å². The summed E-state index contributed by atoms with van der Waals surface area (Å²) < 4.78 is 13.6. The second-order valence-electron chi connectivity index (χ2n) is 5.02. The van der Waals surface area contributed by atoms with Gasteiger partial charge >= 0.3 is 0 Å². The first kappa shape index (κ1) is 16.9. The molecule has 1 amide bonds. The third-order valence-electron chi connectivity index (χ3n) is 3.31. The molecular weight excluding hydrogens is 271 g/mol. The number of nitrogens with two attached hydrogens (primary N) is 1. The second-order valence-corrected chi connectivity index (χ2v) is 5.02. The normalized spacial score (nSPS) is 13.5. The van der Waals surface area contributed by atoms with Gasteiger partial charge in [0.05, 0.1) is 23.7 Å². The van der Waals surface area contributed by atoms with Crippen molar-refractivity contribution in [3.63, 3.8) is 0 Å². The third kappa shape index (κ3) is 4.72. The van der Waals surface area contributed by atoms with Gasteiger partial charge in [0.2, 0.25) is 5.91 Å². The molecule has 0 radical (unpaired) electrons. The Morgan fingerprint density at radius 1 is 1.52 bits per heavy atom. The van der Waals surface area contributed by atoms with Crippen molar-refractivity contribution in [3.05, 3.63) is 24.0 Å². The highest BCUT2D eigenvalue weighted by molar-refractivity contribution is 5.95. The highest BCUT2D eigenvalue weighted by Gasteiger charge is 2.22. The zero-order valence-electron chi connectivity index (χ0n) is 12.6. The molecule has 2 atom stereocenters. The standard InChI is InChI=1S/C15H21FN4O/c1-4-20(9-10(2)8-17)11(3)15(21)19-14-7-12(18)5-6-13(14)16/h5-7,10-11H,4,9,18H2,1-3H3,(H,19,21). The lowest BCUT2D eigenvalue weighted by Crippen LogP contribution is -2.43. The van der Waals surface area contributed by atoms with Gasteiger partial charge in [-0.15, -0.1) is 0 Å². The lowest BCUT2D eigenvalue weighted by atomic mass is 10.1. The molecule has 2 unspecified atom stereocenters. The number of nitriles is 1. The van der Waals surface area contributed by atoms with Crippen molar-refractivity contribution in [3.8, 4) is 6.07 Å². The van der Waals surface area contributed by atoms with Crippen LogP contribution >= 0.6 is 0 Å². The lowest BCUT2D eigenvalue weighted by molar-refractivity contribution is -0.120. The minimum Gasteiger partial charge on any atom is -0.399 e. The number of hydrogen-bond acceptors (Lipinski definition) is 4. The SMILES string of the molecule is CCN(CC(C)C#N)C(C)C(=O)Nc1cc(N)ccc1F. The van der Waals surface area contributed by atoms with Crippen LogP contribution in [0.4, 0.5) is 15.8 Å². The fourth-order valence-electron chi connectivity index (χ4n) is 2.00. The largest absolute Gasteiger partial charge is 0.399 e. The molecule has 5 nitrogen and oxygen atoms in total. The smallest absolute Gasteiger partial charge is 0.241 e. The van der Waals surface area contributed by atoms with Crippen LogP contribution in [0.3, 0.4) is 0 Å². The number of nitrogen functional groups attached to an aromatic ring is 1. The minimum atomic E-state index is -0.529. The van der Waals surface area contributed by atoms with Crippen molar-refractivity contribution in [2.45, 2.75) is 26.8 Å². The summed E-state index contributed by atoms with van der Waals surface area (Å²) in [7, 11) is 0. The molecule has 0 fully saturated rings. The number of amides is 1. The molecule has 1 aromatic rings. The number of rotatable bonds is 6. The number of likely N-dealkylation sites (N-methyl/N-ethyl adjacent to an activating group) is 1. The van der Waals surface area contributed by atoms with E-state index in [1.165, 1.54) is 18.2 Å². The average molecular weight is 292 g/mol. The number of nitrogens with one attached hydrogen (secondary N) is 1. The first-order chi connectivity index (χ1) is 9.88. The first-order valence-corrected chi connectivity index (χ1v) is 6.88. The molecule has 6 heteroatoms. The van der Waals surface area contributed by atoms with Gasteiger partial charge in [-0.05, 0) is 38.6 Å². The molecule has 0 bridgehead atoms. The number of carbonyl (C=O) groups excluding carboxylic acids is 1. The van der Waals surface area contributed by atoms with Crippen molar-refractivity contribution < 1.29 is 9.18 Å². The second kappa shape index (κ2) is 7.60. The summed E-state index contributed by atoms with van der Waals surface area (Å²) >= 11 is 0. The molecule has 0 aromatic heterocycles. The van der Waals surface area contributed by atoms with Gasteiger partial charge in [0.1, 0.15) is 5.82 Å². The number of benzene rings is 1. The highest BCUT2D eigenvalue weighted by atomic mass is 19.1. The van der Waals surface area contributed by atoms with E-state index in [0.29, 0.717) is 18.8 Å². The van der Waals surface area contributed by atoms with Crippen LogP contribution in [0, 0.1) is 23.1 Å². The molecule has 0 aliphatic heterocycles. The number of halogens is 1. The Labute approximate surface area is 124 Å². The van der Waals surface area contributed by atoms with Gasteiger partial charge < -0.3 is 11.1 Å². The molecule has 0 spiro atoms. The van der Waals surface area contributed by atoms with Gasteiger partial charge in [0, 0.05) is 12.2 Å². The predicted octanol–water partition coefficient (Wildman–Crippen LogP) is 2.22. The molecule has 3 N–H and O–H groups in total. The zero-order chi connectivity index (χ0) is 16.0. The summed E-state index contributed by atoms with van der Waals surface area (Å²) in [5.74, 6) is -1.03. The third-order valence-corrected chi connectivity index (χ3v) is 3.31. The van der Waals surface area contributed by atoms with E-state index in [4.69, 9.17) is 11.0 Å². The Bertz CT molecular complexity index is 541. The van der Waals surface area contributed by atoms with Crippen LogP contribution in [0.5, 0.6) is 0 Å². The maximum atomic E-state index is 13.6. The molecule has 114 valence electrons. The number of anilines is 2. The Morgan fingerprint density at radius 2 is 2.19 bits per heavy atom. The highest BCUT2D eigenvalue weighted by Crippen LogP contribution is 2.18. The van der Waals surface area contributed by atoms with Gasteiger partial charge in [-0.1, -0.05) is 6.92 Å². The summed E-state index contributed by atoms with van der Waals surface area (Å²) in [6, 6.07) is 5.70. The molecule has 0 saturated carbocycles. The van der Waals surface area contributed by atoms with Crippen LogP contribution in [0.25, 0.3) is 0 Å². The Morgan fingerprint density at radius 3 is 2.76 bits per heavy atom. The number of carbonyl (C=O) groups is 1. The Balaban J connectivity index is 2.77. The first-order valence-electron chi connectivity index (χ1n) is 6.88. The summed E-state index contributed by atoms with van der Waals surface area (Å²) in [4.78, 5) is 14.1. The Hall–Kier alpha value is -2.13. The quantitative estimate of drug-likeness (QED) is 0.788. The summed E-state index contributed by atoms with van der Waals surface area (Å²) in [6.07, 6.45) is 0. The molecule has 0 aliphatic rings. The molecule has 1 rings (SSSR count). The van der Waals surface area contributed by atoms with E-state index in [1.807, 2.05) is 11.8 Å². The minimum absolute atomic E-state index is 0.0660. The van der Waals surface area contributed by atoms with Gasteiger partial charge in [0.25, 0.3) is 0 Å². The van der Waals surface area contributed by atoms with Crippen molar-refractivity contribution in [2.24, 2.45) is 5.92 Å². The van der Waals surface area contributed by atoms with E-state index < -0.39 is 11.9 Å². The van der Waals surface area contributed by atoms with E-state index >= 15 is 0 Å². The molecule has 0 heterocycles. The van der Waals surface area contributed by atoms with Crippen molar-refractivity contribution >= 4 is 17.3 Å². The fraction of sp³-hybridized carbons (Fsp3) is 0.467. The zero-order valence-corrected chi connectivity index (χ0v) is 12.6. The van der Waals surface area contributed by atoms with Crippen molar-refractivity contribution in [1.29, 1.82) is 5.26 Å². The maximum Gasteiger partial charge on any atom is 0.241 e. The van der Waals surface area contributed by atoms with Crippen LogP contribution in [0.1, 0.15) is 20.8 Å². The molecule has 21 heavy (non-hydrogen) atoms. The van der Waals surface area contributed by atoms with Crippen molar-refractivity contribution in [1.82, 2.24) is 4.90 Å². The monoisotopic (exact) mass is 292 g/mol. The van der Waals surface area contributed by atoms with E-state index in [0.717, 1.165) is 0 Å². The van der Waals surface area contributed by atoms with Gasteiger partial charge in [-0.3, -0.25) is 9.69 Å². The lowest BCUT2D eigenvalue weighted by Gasteiger charge is -2.27. The van der Waals surface area contributed by atoms with Crippen LogP contribution in [0.15, 0.2) is 18.2 Å². The topological polar surface area (TPSA) is 82.2 Å². The molecule has 1 aromatic carbocycles. The van der Waals surface area contributed by atoms with Gasteiger partial charge in [-0.25, -0.2) is 4.39 Å². The van der Waals surface area contributed by atoms with Crippen LogP contribution in [-0.4, -0.2) is 29.9 Å². The van der Waals surface area contributed by atoms with E-state index in [9.17, 15) is 9.18 Å². The van der Waals surface area contributed by atoms with E-state index in [1.54, 1.807) is 13.8 Å². The van der Waals surface area contributed by atoms with Gasteiger partial charge in [-0.2, -0.15) is 5.26 Å². The summed E-state index contributed by atoms with van der Waals surface area (Å²) in [5.41, 5.74) is 6.03. The van der Waals surface area contributed by atoms with Gasteiger partial charge in [0.15, 0.2) is 0 Å². The fourth-order valence-corrected chi connectivity index (χ4v) is 2.00. The average Bonchev–Trinajstić information content (AvgIpc) is 2.47. The summed E-state index contributed by atoms with van der Waals surface area (Å²) in [5, 5.41) is 11.4. The van der Waals surface area contributed by atoms with E-state index in [2.05, 4.69) is 11.4 Å². The Kier molecular flexibility index (Phi) is 6.12. The molecule has 0 aliphatic carbocycles. The van der Waals surface area contributed by atoms with Crippen molar-refractivity contribution in [2.75, 3.05) is 24.1 Å². The van der Waals surface area contributed by atoms with Crippen LogP contribution in [0.2, 0.25) is 0 Å². The molecular formula is C15H21FN4O. The van der Waals surface area contributed by atoms with Crippen LogP contribution < -0.4 is 11.1 Å². The van der Waals surface area contributed by atoms with E-state index in [-0.39, 0.29) is 17.5 Å².